The molecule has 2 aromatic heterocycles. The lowest BCUT2D eigenvalue weighted by atomic mass is 10.2. The maximum atomic E-state index is 12.2. The first-order chi connectivity index (χ1) is 9.83. The minimum absolute atomic E-state index is 0.259. The zero-order chi connectivity index (χ0) is 13.5. The van der Waals surface area contributed by atoms with Gasteiger partial charge in [0, 0.05) is 10.9 Å². The third kappa shape index (κ3) is 1.55. The smallest absolute Gasteiger partial charge is 0.294 e. The third-order valence-electron chi connectivity index (χ3n) is 3.28. The Bertz CT molecular complexity index is 968. The van der Waals surface area contributed by atoms with Crippen molar-refractivity contribution in [2.24, 2.45) is 0 Å². The molecule has 0 atom stereocenters. The highest BCUT2D eigenvalue weighted by Gasteiger charge is 2.13. The second-order valence-corrected chi connectivity index (χ2v) is 4.56. The molecule has 4 nitrogen and oxygen atoms in total. The Morgan fingerprint density at radius 1 is 0.950 bits per heavy atom. The fourth-order valence-corrected chi connectivity index (χ4v) is 2.33. The van der Waals surface area contributed by atoms with E-state index in [9.17, 15) is 4.79 Å². The molecule has 4 heteroatoms. The number of H-pyrrole nitrogens is 1. The van der Waals surface area contributed by atoms with Gasteiger partial charge in [0.25, 0.3) is 5.56 Å². The molecular weight excluding hydrogens is 252 g/mol. The minimum Gasteiger partial charge on any atom is -0.449 e. The van der Waals surface area contributed by atoms with Crippen LogP contribution in [0.4, 0.5) is 0 Å². The van der Waals surface area contributed by atoms with Crippen molar-refractivity contribution in [1.29, 1.82) is 0 Å². The Labute approximate surface area is 113 Å². The lowest BCUT2D eigenvalue weighted by Gasteiger charge is -1.99. The molecule has 0 aliphatic heterocycles. The number of benzene rings is 2. The summed E-state index contributed by atoms with van der Waals surface area (Å²) in [5.74, 6) is 0.551. The van der Waals surface area contributed by atoms with Crippen LogP contribution in [0.5, 0.6) is 0 Å². The van der Waals surface area contributed by atoms with Crippen LogP contribution in [0.15, 0.2) is 63.8 Å². The SMILES string of the molecule is O=c1[nH]c(-c2ccccc2)nc2c1oc1ccccc12. The molecule has 0 unspecified atom stereocenters. The highest BCUT2D eigenvalue weighted by molar-refractivity contribution is 6.02. The van der Waals surface area contributed by atoms with Crippen molar-refractivity contribution in [3.05, 3.63) is 65.0 Å². The quantitative estimate of drug-likeness (QED) is 0.572. The van der Waals surface area contributed by atoms with E-state index in [1.165, 1.54) is 0 Å². The predicted molar refractivity (Wildman–Crippen MR) is 77.6 cm³/mol. The molecule has 2 aromatic carbocycles. The summed E-state index contributed by atoms with van der Waals surface area (Å²) >= 11 is 0. The number of hydrogen-bond acceptors (Lipinski definition) is 3. The maximum absolute atomic E-state index is 12.2. The van der Waals surface area contributed by atoms with Gasteiger partial charge in [-0.05, 0) is 12.1 Å². The first kappa shape index (κ1) is 11.0. The summed E-state index contributed by atoms with van der Waals surface area (Å²) in [6.45, 7) is 0. The van der Waals surface area contributed by atoms with Crippen molar-refractivity contribution in [1.82, 2.24) is 9.97 Å². The molecule has 4 rings (SSSR count). The second-order valence-electron chi connectivity index (χ2n) is 4.56. The van der Waals surface area contributed by atoms with Crippen LogP contribution >= 0.6 is 0 Å². The van der Waals surface area contributed by atoms with Crippen LogP contribution in [0.3, 0.4) is 0 Å². The molecule has 0 saturated carbocycles. The summed E-state index contributed by atoms with van der Waals surface area (Å²) in [5, 5.41) is 0.853. The number of aromatic nitrogens is 2. The first-order valence-electron chi connectivity index (χ1n) is 6.30. The van der Waals surface area contributed by atoms with Crippen molar-refractivity contribution in [3.8, 4) is 11.4 Å². The Hall–Kier alpha value is -2.88. The van der Waals surface area contributed by atoms with Crippen molar-refractivity contribution in [2.45, 2.75) is 0 Å². The number of furan rings is 1. The number of fused-ring (bicyclic) bond motifs is 3. The average Bonchev–Trinajstić information content (AvgIpc) is 2.88. The normalized spacial score (nSPS) is 11.2. The number of hydrogen-bond donors (Lipinski definition) is 1. The van der Waals surface area contributed by atoms with E-state index in [4.69, 9.17) is 4.42 Å². The van der Waals surface area contributed by atoms with Crippen LogP contribution in [-0.2, 0) is 0 Å². The van der Waals surface area contributed by atoms with Crippen LogP contribution in [0.1, 0.15) is 0 Å². The monoisotopic (exact) mass is 262 g/mol. The van der Waals surface area contributed by atoms with Gasteiger partial charge in [-0.1, -0.05) is 42.5 Å². The first-order valence-corrected chi connectivity index (χ1v) is 6.30. The highest BCUT2D eigenvalue weighted by atomic mass is 16.3. The lowest BCUT2D eigenvalue weighted by molar-refractivity contribution is 0.661. The van der Waals surface area contributed by atoms with Crippen molar-refractivity contribution in [3.63, 3.8) is 0 Å². The summed E-state index contributed by atoms with van der Waals surface area (Å²) in [6, 6.07) is 17.1. The Morgan fingerprint density at radius 3 is 2.55 bits per heavy atom. The van der Waals surface area contributed by atoms with Crippen LogP contribution < -0.4 is 5.56 Å². The number of aromatic amines is 1. The summed E-state index contributed by atoms with van der Waals surface area (Å²) in [4.78, 5) is 19.5. The van der Waals surface area contributed by atoms with E-state index in [2.05, 4.69) is 9.97 Å². The number of para-hydroxylation sites is 1. The molecule has 0 radical (unpaired) electrons. The van der Waals surface area contributed by atoms with Crippen LogP contribution in [0.25, 0.3) is 33.5 Å². The highest BCUT2D eigenvalue weighted by Crippen LogP contribution is 2.26. The fraction of sp³-hybridized carbons (Fsp3) is 0. The summed E-state index contributed by atoms with van der Waals surface area (Å²) in [6.07, 6.45) is 0. The van der Waals surface area contributed by atoms with E-state index >= 15 is 0 Å². The molecule has 0 spiro atoms. The predicted octanol–water partition coefficient (Wildman–Crippen LogP) is 3.34. The molecule has 0 aliphatic rings. The molecule has 4 aromatic rings. The Kier molecular flexibility index (Phi) is 2.23. The van der Waals surface area contributed by atoms with Gasteiger partial charge in [0.05, 0.1) is 0 Å². The number of rotatable bonds is 1. The number of nitrogens with one attached hydrogen (secondary N) is 1. The summed E-state index contributed by atoms with van der Waals surface area (Å²) in [7, 11) is 0. The van der Waals surface area contributed by atoms with E-state index < -0.39 is 0 Å². The average molecular weight is 262 g/mol. The molecule has 1 N–H and O–H groups in total. The van der Waals surface area contributed by atoms with Crippen LogP contribution in [-0.4, -0.2) is 9.97 Å². The van der Waals surface area contributed by atoms with Gasteiger partial charge in [-0.2, -0.15) is 0 Å². The molecule has 2 heterocycles. The van der Waals surface area contributed by atoms with Gasteiger partial charge in [-0.15, -0.1) is 0 Å². The number of nitrogens with zero attached hydrogens (tertiary/aromatic N) is 1. The molecule has 0 aliphatic carbocycles. The van der Waals surface area contributed by atoms with Gasteiger partial charge in [-0.25, -0.2) is 4.98 Å². The van der Waals surface area contributed by atoms with Crippen molar-refractivity contribution >= 4 is 22.1 Å². The fourth-order valence-electron chi connectivity index (χ4n) is 2.33. The van der Waals surface area contributed by atoms with Crippen molar-refractivity contribution < 1.29 is 4.42 Å². The van der Waals surface area contributed by atoms with E-state index in [0.29, 0.717) is 16.9 Å². The molecule has 0 saturated heterocycles. The van der Waals surface area contributed by atoms with E-state index in [1.54, 1.807) is 0 Å². The summed E-state index contributed by atoms with van der Waals surface area (Å²) < 4.78 is 5.57. The van der Waals surface area contributed by atoms with Crippen LogP contribution in [0, 0.1) is 0 Å². The van der Waals surface area contributed by atoms with E-state index in [-0.39, 0.29) is 11.1 Å². The molecular formula is C16H10N2O2. The van der Waals surface area contributed by atoms with Gasteiger partial charge < -0.3 is 9.40 Å². The molecule has 0 amide bonds. The van der Waals surface area contributed by atoms with Crippen molar-refractivity contribution in [2.75, 3.05) is 0 Å². The van der Waals surface area contributed by atoms with Gasteiger partial charge in [-0.3, -0.25) is 4.79 Å². The van der Waals surface area contributed by atoms with Gasteiger partial charge in [0.15, 0.2) is 0 Å². The minimum atomic E-state index is -0.259. The molecule has 0 fully saturated rings. The third-order valence-corrected chi connectivity index (χ3v) is 3.28. The van der Waals surface area contributed by atoms with E-state index in [0.717, 1.165) is 10.9 Å². The van der Waals surface area contributed by atoms with Gasteiger partial charge >= 0.3 is 0 Å². The van der Waals surface area contributed by atoms with Gasteiger partial charge in [0.2, 0.25) is 5.58 Å². The standard InChI is InChI=1S/C16H10N2O2/c19-16-14-13(11-8-4-5-9-12(11)20-14)17-15(18-16)10-6-2-1-3-7-10/h1-9H,(H,17,18,19). The zero-order valence-electron chi connectivity index (χ0n) is 10.5. The van der Waals surface area contributed by atoms with E-state index in [1.807, 2.05) is 54.6 Å². The lowest BCUT2D eigenvalue weighted by Crippen LogP contribution is -2.08. The van der Waals surface area contributed by atoms with Gasteiger partial charge in [0.1, 0.15) is 16.9 Å². The topological polar surface area (TPSA) is 58.9 Å². The Balaban J connectivity index is 2.11. The second kappa shape index (κ2) is 4.06. The van der Waals surface area contributed by atoms with Crippen LogP contribution in [0.2, 0.25) is 0 Å². The Morgan fingerprint density at radius 2 is 1.70 bits per heavy atom. The molecule has 0 bridgehead atoms. The largest absolute Gasteiger partial charge is 0.449 e. The molecule has 96 valence electrons. The summed E-state index contributed by atoms with van der Waals surface area (Å²) in [5.41, 5.74) is 2.15. The maximum Gasteiger partial charge on any atom is 0.294 e. The molecule has 20 heavy (non-hydrogen) atoms. The zero-order valence-corrected chi connectivity index (χ0v) is 10.5.